The van der Waals surface area contributed by atoms with Crippen LogP contribution in [0.1, 0.15) is 12.5 Å². The third-order valence-corrected chi connectivity index (χ3v) is 1.68. The van der Waals surface area contributed by atoms with Gasteiger partial charge in [-0.05, 0) is 24.6 Å². The summed E-state index contributed by atoms with van der Waals surface area (Å²) in [5.41, 5.74) is 1.02. The van der Waals surface area contributed by atoms with Crippen molar-refractivity contribution in [1.82, 2.24) is 0 Å². The van der Waals surface area contributed by atoms with Crippen LogP contribution in [0.25, 0.3) is 0 Å². The number of rotatable bonds is 0. The Labute approximate surface area is 69.9 Å². The Bertz CT molecular complexity index is 320. The van der Waals surface area contributed by atoms with Gasteiger partial charge in [0.15, 0.2) is 11.5 Å². The van der Waals surface area contributed by atoms with E-state index in [0.717, 1.165) is 5.56 Å². The standard InChI is InChI=1S/C9H9FO2/c1-6-3-4-7-8(5-6)12-9(2,10)11-7/h3-5H,1-2H3. The molecule has 0 bridgehead atoms. The average Bonchev–Trinajstić information content (AvgIpc) is 2.21. The minimum absolute atomic E-state index is 0.464. The first-order valence-corrected chi connectivity index (χ1v) is 3.74. The van der Waals surface area contributed by atoms with Gasteiger partial charge in [-0.25, -0.2) is 0 Å². The molecule has 0 aliphatic carbocycles. The Morgan fingerprint density at radius 1 is 1.25 bits per heavy atom. The second kappa shape index (κ2) is 2.12. The van der Waals surface area contributed by atoms with Crippen LogP contribution in [0.15, 0.2) is 18.2 Å². The maximum absolute atomic E-state index is 13.1. The molecule has 1 aromatic carbocycles. The molecule has 0 aromatic heterocycles. The lowest BCUT2D eigenvalue weighted by Crippen LogP contribution is -2.27. The second-order valence-electron chi connectivity index (χ2n) is 2.99. The van der Waals surface area contributed by atoms with Crippen molar-refractivity contribution in [3.63, 3.8) is 0 Å². The summed E-state index contributed by atoms with van der Waals surface area (Å²) >= 11 is 0. The van der Waals surface area contributed by atoms with E-state index in [2.05, 4.69) is 0 Å². The lowest BCUT2D eigenvalue weighted by Gasteiger charge is -2.10. The fraction of sp³-hybridized carbons (Fsp3) is 0.333. The van der Waals surface area contributed by atoms with E-state index in [1.54, 1.807) is 12.1 Å². The van der Waals surface area contributed by atoms with Gasteiger partial charge in [-0.3, -0.25) is 0 Å². The molecule has 0 N–H and O–H groups in total. The summed E-state index contributed by atoms with van der Waals surface area (Å²) in [4.78, 5) is 0. The number of benzene rings is 1. The van der Waals surface area contributed by atoms with Crippen LogP contribution in [0.2, 0.25) is 0 Å². The highest BCUT2D eigenvalue weighted by Crippen LogP contribution is 2.40. The molecule has 12 heavy (non-hydrogen) atoms. The van der Waals surface area contributed by atoms with Gasteiger partial charge in [0.05, 0.1) is 0 Å². The molecule has 1 aromatic rings. The highest BCUT2D eigenvalue weighted by molar-refractivity contribution is 5.44. The minimum Gasteiger partial charge on any atom is -0.423 e. The number of aryl methyl sites for hydroxylation is 1. The fourth-order valence-corrected chi connectivity index (χ4v) is 1.19. The summed E-state index contributed by atoms with van der Waals surface area (Å²) < 4.78 is 22.8. The molecule has 1 unspecified atom stereocenters. The van der Waals surface area contributed by atoms with Gasteiger partial charge < -0.3 is 9.47 Å². The molecule has 64 valence electrons. The van der Waals surface area contributed by atoms with Crippen molar-refractivity contribution in [2.45, 2.75) is 19.9 Å². The van der Waals surface area contributed by atoms with E-state index in [0.29, 0.717) is 11.5 Å². The van der Waals surface area contributed by atoms with Crippen LogP contribution in [0.4, 0.5) is 4.39 Å². The number of hydrogen-bond acceptors (Lipinski definition) is 2. The van der Waals surface area contributed by atoms with Crippen molar-refractivity contribution in [1.29, 1.82) is 0 Å². The molecule has 0 saturated carbocycles. The van der Waals surface area contributed by atoms with Crippen molar-refractivity contribution in [2.75, 3.05) is 0 Å². The zero-order valence-electron chi connectivity index (χ0n) is 6.93. The van der Waals surface area contributed by atoms with Crippen LogP contribution < -0.4 is 9.47 Å². The molecule has 1 heterocycles. The number of ether oxygens (including phenoxy) is 2. The van der Waals surface area contributed by atoms with Gasteiger partial charge in [0.25, 0.3) is 0 Å². The summed E-state index contributed by atoms with van der Waals surface area (Å²) in [7, 11) is 0. The van der Waals surface area contributed by atoms with Gasteiger partial charge in [-0.1, -0.05) is 6.07 Å². The molecule has 2 nitrogen and oxygen atoms in total. The van der Waals surface area contributed by atoms with Crippen LogP contribution in [-0.2, 0) is 0 Å². The highest BCUT2D eigenvalue weighted by atomic mass is 19.2. The van der Waals surface area contributed by atoms with Crippen molar-refractivity contribution in [3.8, 4) is 11.5 Å². The summed E-state index contributed by atoms with van der Waals surface area (Å²) in [6.07, 6.45) is 0. The van der Waals surface area contributed by atoms with Gasteiger partial charge in [-0.15, -0.1) is 0 Å². The lowest BCUT2D eigenvalue weighted by molar-refractivity contribution is -0.173. The highest BCUT2D eigenvalue weighted by Gasteiger charge is 2.36. The van der Waals surface area contributed by atoms with Crippen LogP contribution >= 0.6 is 0 Å². The first-order valence-electron chi connectivity index (χ1n) is 3.74. The average molecular weight is 168 g/mol. The van der Waals surface area contributed by atoms with Gasteiger partial charge in [-0.2, -0.15) is 4.39 Å². The third-order valence-electron chi connectivity index (χ3n) is 1.68. The Morgan fingerprint density at radius 3 is 2.67 bits per heavy atom. The Balaban J connectivity index is 2.43. The van der Waals surface area contributed by atoms with E-state index in [4.69, 9.17) is 9.47 Å². The van der Waals surface area contributed by atoms with E-state index < -0.39 is 6.04 Å². The molecule has 1 aliphatic heterocycles. The minimum atomic E-state index is -2.00. The topological polar surface area (TPSA) is 18.5 Å². The maximum atomic E-state index is 13.1. The number of alkyl halides is 1. The molecule has 0 saturated heterocycles. The molecule has 1 atom stereocenters. The predicted octanol–water partition coefficient (Wildman–Crippen LogP) is 2.41. The number of hydrogen-bond donors (Lipinski definition) is 0. The number of halogens is 1. The Hall–Kier alpha value is -1.25. The monoisotopic (exact) mass is 168 g/mol. The van der Waals surface area contributed by atoms with Crippen LogP contribution in [0.3, 0.4) is 0 Å². The third kappa shape index (κ3) is 1.11. The quantitative estimate of drug-likeness (QED) is 0.592. The fourth-order valence-electron chi connectivity index (χ4n) is 1.19. The van der Waals surface area contributed by atoms with E-state index in [1.807, 2.05) is 13.0 Å². The largest absolute Gasteiger partial charge is 0.423 e. The van der Waals surface area contributed by atoms with Gasteiger partial charge in [0.2, 0.25) is 0 Å². The van der Waals surface area contributed by atoms with E-state index in [1.165, 1.54) is 6.92 Å². The Morgan fingerprint density at radius 2 is 1.92 bits per heavy atom. The molecule has 3 heteroatoms. The van der Waals surface area contributed by atoms with Crippen LogP contribution in [0, 0.1) is 6.92 Å². The molecular formula is C9H9FO2. The van der Waals surface area contributed by atoms with E-state index >= 15 is 0 Å². The Kier molecular flexibility index (Phi) is 1.31. The zero-order chi connectivity index (χ0) is 8.77. The van der Waals surface area contributed by atoms with Crippen LogP contribution in [0.5, 0.6) is 11.5 Å². The van der Waals surface area contributed by atoms with Crippen LogP contribution in [-0.4, -0.2) is 6.04 Å². The summed E-state index contributed by atoms with van der Waals surface area (Å²) in [5, 5.41) is 0. The van der Waals surface area contributed by atoms with Crippen molar-refractivity contribution in [2.24, 2.45) is 0 Å². The second-order valence-corrected chi connectivity index (χ2v) is 2.99. The van der Waals surface area contributed by atoms with Gasteiger partial charge in [0, 0.05) is 6.92 Å². The van der Waals surface area contributed by atoms with Crippen molar-refractivity contribution in [3.05, 3.63) is 23.8 Å². The van der Waals surface area contributed by atoms with Crippen molar-refractivity contribution < 1.29 is 13.9 Å². The zero-order valence-corrected chi connectivity index (χ0v) is 6.93. The normalized spacial score (nSPS) is 25.9. The molecule has 2 rings (SSSR count). The lowest BCUT2D eigenvalue weighted by atomic mass is 10.2. The van der Waals surface area contributed by atoms with E-state index in [-0.39, 0.29) is 0 Å². The SMILES string of the molecule is Cc1ccc2c(c1)OC(C)(F)O2. The van der Waals surface area contributed by atoms with Gasteiger partial charge in [0.1, 0.15) is 0 Å². The summed E-state index contributed by atoms with van der Waals surface area (Å²) in [6.45, 7) is 3.15. The smallest absolute Gasteiger partial charge is 0.404 e. The first kappa shape index (κ1) is 7.40. The summed E-state index contributed by atoms with van der Waals surface area (Å²) in [6, 6.07) is 3.30. The maximum Gasteiger partial charge on any atom is 0.404 e. The molecular weight excluding hydrogens is 159 g/mol. The molecule has 0 amide bonds. The first-order chi connectivity index (χ1) is 5.57. The van der Waals surface area contributed by atoms with E-state index in [9.17, 15) is 4.39 Å². The summed E-state index contributed by atoms with van der Waals surface area (Å²) in [5.74, 6) is 0.936. The number of fused-ring (bicyclic) bond motifs is 1. The molecule has 0 spiro atoms. The molecule has 0 radical (unpaired) electrons. The predicted molar refractivity (Wildman–Crippen MR) is 41.9 cm³/mol. The van der Waals surface area contributed by atoms with Gasteiger partial charge >= 0.3 is 6.04 Å². The molecule has 1 aliphatic rings. The van der Waals surface area contributed by atoms with Crippen molar-refractivity contribution >= 4 is 0 Å². The molecule has 0 fully saturated rings.